The molecule has 0 unspecified atom stereocenters. The fourth-order valence-corrected chi connectivity index (χ4v) is 2.90. The molecule has 86 valence electrons. The minimum Gasteiger partial charge on any atom is -0.389 e. The average molecular weight is 253 g/mol. The van der Waals surface area contributed by atoms with Crippen LogP contribution in [0.15, 0.2) is 18.3 Å². The van der Waals surface area contributed by atoms with Gasteiger partial charge in [0.05, 0.1) is 0 Å². The van der Waals surface area contributed by atoms with Crippen molar-refractivity contribution in [3.05, 3.63) is 23.9 Å². The van der Waals surface area contributed by atoms with Crippen LogP contribution >= 0.6 is 24.0 Å². The molecule has 0 bridgehead atoms. The molecule has 1 saturated heterocycles. The second-order valence-electron chi connectivity index (χ2n) is 3.83. The second-order valence-corrected chi connectivity index (χ2v) is 5.49. The van der Waals surface area contributed by atoms with E-state index in [0.717, 1.165) is 11.4 Å². The molecule has 3 nitrogen and oxygen atoms in total. The first kappa shape index (κ1) is 11.7. The van der Waals surface area contributed by atoms with E-state index in [1.807, 2.05) is 23.9 Å². The van der Waals surface area contributed by atoms with Crippen molar-refractivity contribution in [1.82, 2.24) is 4.98 Å². The lowest BCUT2D eigenvalue weighted by Gasteiger charge is -2.22. The van der Waals surface area contributed by atoms with Gasteiger partial charge in [0.25, 0.3) is 0 Å². The van der Waals surface area contributed by atoms with Gasteiger partial charge >= 0.3 is 0 Å². The van der Waals surface area contributed by atoms with E-state index in [4.69, 9.17) is 18.0 Å². The number of nitrogens with zero attached hydrogens (tertiary/aromatic N) is 1. The van der Waals surface area contributed by atoms with Crippen molar-refractivity contribution in [2.75, 3.05) is 16.8 Å². The van der Waals surface area contributed by atoms with Crippen molar-refractivity contribution in [2.45, 2.75) is 18.9 Å². The molecule has 0 saturated carbocycles. The predicted molar refractivity (Wildman–Crippen MR) is 74.1 cm³/mol. The third kappa shape index (κ3) is 3.09. The summed E-state index contributed by atoms with van der Waals surface area (Å²) >= 11 is 6.90. The number of anilines is 1. The largest absolute Gasteiger partial charge is 0.389 e. The summed E-state index contributed by atoms with van der Waals surface area (Å²) in [5.74, 6) is 3.39. The molecule has 1 aliphatic heterocycles. The van der Waals surface area contributed by atoms with E-state index in [0.29, 0.717) is 11.0 Å². The molecule has 1 aliphatic rings. The van der Waals surface area contributed by atoms with Crippen LogP contribution in [-0.2, 0) is 0 Å². The molecular formula is C11H15N3S2. The summed E-state index contributed by atoms with van der Waals surface area (Å²) in [5.41, 5.74) is 6.34. The summed E-state index contributed by atoms with van der Waals surface area (Å²) in [6, 6.07) is 4.41. The third-order valence-electron chi connectivity index (χ3n) is 2.62. The molecule has 5 heteroatoms. The standard InChI is InChI=1S/C11H15N3S2/c12-11(15)8-1-2-10(13-7-8)14-9-3-5-16-6-4-9/h1-2,7,9H,3-6H2,(H2,12,15)(H,13,14). The zero-order valence-electron chi connectivity index (χ0n) is 8.98. The van der Waals surface area contributed by atoms with Gasteiger partial charge in [0.1, 0.15) is 10.8 Å². The SMILES string of the molecule is NC(=S)c1ccc(NC2CCSCC2)nc1. The fourth-order valence-electron chi connectivity index (χ4n) is 1.68. The quantitative estimate of drug-likeness (QED) is 0.807. The molecule has 0 aliphatic carbocycles. The maximum absolute atomic E-state index is 5.52. The number of nitrogens with two attached hydrogens (primary N) is 1. The van der Waals surface area contributed by atoms with E-state index in [-0.39, 0.29) is 0 Å². The highest BCUT2D eigenvalue weighted by Gasteiger charge is 2.13. The van der Waals surface area contributed by atoms with Crippen molar-refractivity contribution in [3.63, 3.8) is 0 Å². The van der Waals surface area contributed by atoms with Gasteiger partial charge < -0.3 is 11.1 Å². The van der Waals surface area contributed by atoms with Crippen LogP contribution in [-0.4, -0.2) is 27.5 Å². The van der Waals surface area contributed by atoms with Crippen LogP contribution in [0.25, 0.3) is 0 Å². The Morgan fingerprint density at radius 2 is 2.19 bits per heavy atom. The zero-order valence-corrected chi connectivity index (χ0v) is 10.6. The Bertz CT molecular complexity index is 358. The first-order valence-electron chi connectivity index (χ1n) is 5.36. The lowest BCUT2D eigenvalue weighted by molar-refractivity contribution is 0.664. The predicted octanol–water partition coefficient (Wildman–Crippen LogP) is 2.02. The van der Waals surface area contributed by atoms with Crippen LogP contribution in [0.1, 0.15) is 18.4 Å². The van der Waals surface area contributed by atoms with E-state index in [1.54, 1.807) is 6.20 Å². The van der Waals surface area contributed by atoms with Gasteiger partial charge in [-0.05, 0) is 36.5 Å². The van der Waals surface area contributed by atoms with Crippen LogP contribution in [0.5, 0.6) is 0 Å². The minimum atomic E-state index is 0.396. The maximum atomic E-state index is 5.52. The number of aromatic nitrogens is 1. The van der Waals surface area contributed by atoms with Crippen LogP contribution in [0.3, 0.4) is 0 Å². The number of thioether (sulfide) groups is 1. The molecular weight excluding hydrogens is 238 g/mol. The summed E-state index contributed by atoms with van der Waals surface area (Å²) in [7, 11) is 0. The molecule has 1 aromatic rings. The van der Waals surface area contributed by atoms with Gasteiger partial charge in [-0.1, -0.05) is 12.2 Å². The summed E-state index contributed by atoms with van der Waals surface area (Å²) in [6.07, 6.45) is 4.15. The molecule has 1 fully saturated rings. The van der Waals surface area contributed by atoms with Crippen LogP contribution < -0.4 is 11.1 Å². The molecule has 0 atom stereocenters. The molecule has 0 radical (unpaired) electrons. The smallest absolute Gasteiger partial charge is 0.126 e. The average Bonchev–Trinajstić information content (AvgIpc) is 2.31. The van der Waals surface area contributed by atoms with E-state index in [2.05, 4.69) is 10.3 Å². The number of hydrogen-bond acceptors (Lipinski definition) is 4. The Kier molecular flexibility index (Phi) is 4.01. The summed E-state index contributed by atoms with van der Waals surface area (Å²) in [4.78, 5) is 4.71. The summed E-state index contributed by atoms with van der Waals surface area (Å²) < 4.78 is 0. The van der Waals surface area contributed by atoms with E-state index < -0.39 is 0 Å². The lowest BCUT2D eigenvalue weighted by atomic mass is 10.1. The third-order valence-corrected chi connectivity index (χ3v) is 3.91. The van der Waals surface area contributed by atoms with Crippen molar-refractivity contribution in [3.8, 4) is 0 Å². The Morgan fingerprint density at radius 3 is 2.75 bits per heavy atom. The minimum absolute atomic E-state index is 0.396. The van der Waals surface area contributed by atoms with Crippen molar-refractivity contribution in [2.24, 2.45) is 5.73 Å². The zero-order chi connectivity index (χ0) is 11.4. The highest BCUT2D eigenvalue weighted by atomic mass is 32.2. The van der Waals surface area contributed by atoms with Gasteiger partial charge in [0, 0.05) is 17.8 Å². The molecule has 0 spiro atoms. The molecule has 2 rings (SSSR count). The number of nitrogens with one attached hydrogen (secondary N) is 1. The number of pyridine rings is 1. The normalized spacial score (nSPS) is 17.0. The highest BCUT2D eigenvalue weighted by Crippen LogP contribution is 2.20. The van der Waals surface area contributed by atoms with E-state index >= 15 is 0 Å². The second kappa shape index (κ2) is 5.50. The number of hydrogen-bond donors (Lipinski definition) is 2. The Labute approximate surface area is 105 Å². The van der Waals surface area contributed by atoms with Crippen molar-refractivity contribution in [1.29, 1.82) is 0 Å². The molecule has 2 heterocycles. The number of rotatable bonds is 3. The monoisotopic (exact) mass is 253 g/mol. The molecule has 0 aromatic carbocycles. The lowest BCUT2D eigenvalue weighted by Crippen LogP contribution is -2.25. The topological polar surface area (TPSA) is 50.9 Å². The van der Waals surface area contributed by atoms with Gasteiger partial charge in [0.15, 0.2) is 0 Å². The van der Waals surface area contributed by atoms with Gasteiger partial charge in [-0.2, -0.15) is 11.8 Å². The Balaban J connectivity index is 1.96. The number of thiocarbonyl (C=S) groups is 1. The van der Waals surface area contributed by atoms with Gasteiger partial charge in [0.2, 0.25) is 0 Å². The first-order chi connectivity index (χ1) is 7.75. The summed E-state index contributed by atoms with van der Waals surface area (Å²) in [5, 5.41) is 3.44. The van der Waals surface area contributed by atoms with Crippen LogP contribution in [0.4, 0.5) is 5.82 Å². The van der Waals surface area contributed by atoms with Gasteiger partial charge in [-0.25, -0.2) is 4.98 Å². The first-order valence-corrected chi connectivity index (χ1v) is 6.92. The maximum Gasteiger partial charge on any atom is 0.126 e. The van der Waals surface area contributed by atoms with E-state index in [9.17, 15) is 0 Å². The Morgan fingerprint density at radius 1 is 1.44 bits per heavy atom. The highest BCUT2D eigenvalue weighted by molar-refractivity contribution is 7.99. The molecule has 1 aromatic heterocycles. The van der Waals surface area contributed by atoms with Crippen LogP contribution in [0, 0.1) is 0 Å². The van der Waals surface area contributed by atoms with Crippen molar-refractivity contribution < 1.29 is 0 Å². The van der Waals surface area contributed by atoms with Gasteiger partial charge in [-0.15, -0.1) is 0 Å². The Hall–Kier alpha value is -0.810. The van der Waals surface area contributed by atoms with Crippen molar-refractivity contribution >= 4 is 34.8 Å². The summed E-state index contributed by atoms with van der Waals surface area (Å²) in [6.45, 7) is 0. The van der Waals surface area contributed by atoms with Crippen LogP contribution in [0.2, 0.25) is 0 Å². The van der Waals surface area contributed by atoms with E-state index in [1.165, 1.54) is 24.3 Å². The molecule has 3 N–H and O–H groups in total. The molecule has 16 heavy (non-hydrogen) atoms. The molecule has 0 amide bonds. The fraction of sp³-hybridized carbons (Fsp3) is 0.455. The van der Waals surface area contributed by atoms with Gasteiger partial charge in [-0.3, -0.25) is 0 Å².